The molecule has 0 radical (unpaired) electrons. The van der Waals surface area contributed by atoms with Crippen LogP contribution in [-0.2, 0) is 4.74 Å². The Hall–Kier alpha value is -0.850. The number of aromatic nitrogens is 2. The highest BCUT2D eigenvalue weighted by Gasteiger charge is 2.20. The van der Waals surface area contributed by atoms with Crippen LogP contribution in [0.25, 0.3) is 10.2 Å². The third-order valence-electron chi connectivity index (χ3n) is 2.37. The maximum atomic E-state index is 11.6. The van der Waals surface area contributed by atoms with Gasteiger partial charge in [-0.25, -0.2) is 14.8 Å². The Morgan fingerprint density at radius 1 is 1.50 bits per heavy atom. The molecule has 4 nitrogen and oxygen atoms in total. The van der Waals surface area contributed by atoms with Crippen molar-refractivity contribution in [3.8, 4) is 0 Å². The van der Waals surface area contributed by atoms with Crippen LogP contribution in [0.1, 0.15) is 22.2 Å². The normalized spacial score (nSPS) is 10.9. The molecule has 2 heterocycles. The number of esters is 1. The molecule has 0 spiro atoms. The predicted octanol–water partition coefficient (Wildman–Crippen LogP) is 3.55. The van der Waals surface area contributed by atoms with Gasteiger partial charge in [0.1, 0.15) is 14.9 Å². The Labute approximate surface area is 118 Å². The molecular formula is C11H11ClN2O2S2. The molecule has 0 aliphatic carbocycles. The van der Waals surface area contributed by atoms with Crippen LogP contribution in [-0.4, -0.2) is 28.8 Å². The molecule has 0 aliphatic rings. The largest absolute Gasteiger partial charge is 0.465 e. The molecule has 0 atom stereocenters. The molecule has 96 valence electrons. The Morgan fingerprint density at radius 2 is 2.22 bits per heavy atom. The Kier molecular flexibility index (Phi) is 4.09. The van der Waals surface area contributed by atoms with E-state index in [9.17, 15) is 4.79 Å². The maximum Gasteiger partial charge on any atom is 0.348 e. The van der Waals surface area contributed by atoms with Crippen LogP contribution >= 0.6 is 34.7 Å². The van der Waals surface area contributed by atoms with Crippen molar-refractivity contribution in [1.82, 2.24) is 9.97 Å². The summed E-state index contributed by atoms with van der Waals surface area (Å²) in [6.45, 7) is 3.85. The molecule has 0 fully saturated rings. The van der Waals surface area contributed by atoms with Crippen molar-refractivity contribution >= 4 is 50.9 Å². The minimum absolute atomic E-state index is 0.365. The minimum atomic E-state index is -0.365. The zero-order valence-electron chi connectivity index (χ0n) is 10.1. The van der Waals surface area contributed by atoms with Gasteiger partial charge >= 0.3 is 5.97 Å². The van der Waals surface area contributed by atoms with Crippen molar-refractivity contribution in [1.29, 1.82) is 0 Å². The van der Waals surface area contributed by atoms with E-state index in [-0.39, 0.29) is 5.97 Å². The summed E-state index contributed by atoms with van der Waals surface area (Å²) in [5.41, 5.74) is 0.778. The Balaban J connectivity index is 2.64. The lowest BCUT2D eigenvalue weighted by Crippen LogP contribution is -1.99. The van der Waals surface area contributed by atoms with E-state index in [2.05, 4.69) is 9.97 Å². The van der Waals surface area contributed by atoms with Gasteiger partial charge in [-0.05, 0) is 18.2 Å². The number of aryl methyl sites for hydroxylation is 1. The second-order valence-electron chi connectivity index (χ2n) is 3.46. The zero-order chi connectivity index (χ0) is 13.3. The molecule has 7 heteroatoms. The lowest BCUT2D eigenvalue weighted by molar-refractivity contribution is 0.0605. The summed E-state index contributed by atoms with van der Waals surface area (Å²) in [4.78, 5) is 21.5. The molecule has 0 bridgehead atoms. The fourth-order valence-corrected chi connectivity index (χ4v) is 3.70. The topological polar surface area (TPSA) is 52.1 Å². The first-order valence-corrected chi connectivity index (χ1v) is 7.44. The van der Waals surface area contributed by atoms with E-state index < -0.39 is 0 Å². The monoisotopic (exact) mass is 302 g/mol. The van der Waals surface area contributed by atoms with Crippen molar-refractivity contribution < 1.29 is 9.53 Å². The predicted molar refractivity (Wildman–Crippen MR) is 74.9 cm³/mol. The number of ether oxygens (including phenoxy) is 1. The summed E-state index contributed by atoms with van der Waals surface area (Å²) in [5.74, 6) is 0.507. The highest BCUT2D eigenvalue weighted by atomic mass is 35.5. The molecule has 0 aliphatic heterocycles. The average Bonchev–Trinajstić information content (AvgIpc) is 2.66. The van der Waals surface area contributed by atoms with Gasteiger partial charge in [-0.15, -0.1) is 11.3 Å². The fraction of sp³-hybridized carbons (Fsp3) is 0.364. The van der Waals surface area contributed by atoms with Crippen LogP contribution in [0, 0.1) is 6.92 Å². The highest BCUT2D eigenvalue weighted by molar-refractivity contribution is 7.99. The molecule has 0 saturated heterocycles. The van der Waals surface area contributed by atoms with Crippen LogP contribution in [0.5, 0.6) is 0 Å². The maximum absolute atomic E-state index is 11.6. The average molecular weight is 303 g/mol. The van der Waals surface area contributed by atoms with Crippen molar-refractivity contribution in [2.24, 2.45) is 0 Å². The number of thiophene rings is 1. The smallest absolute Gasteiger partial charge is 0.348 e. The van der Waals surface area contributed by atoms with Crippen molar-refractivity contribution in [2.45, 2.75) is 19.0 Å². The molecule has 0 amide bonds. The van der Waals surface area contributed by atoms with Crippen molar-refractivity contribution in [3.63, 3.8) is 0 Å². The minimum Gasteiger partial charge on any atom is -0.465 e. The summed E-state index contributed by atoms with van der Waals surface area (Å²) in [6.07, 6.45) is 0. The lowest BCUT2D eigenvalue weighted by atomic mass is 10.2. The first-order valence-electron chi connectivity index (χ1n) is 5.26. The number of thioether (sulfide) groups is 1. The molecular weight excluding hydrogens is 292 g/mol. The standard InChI is InChI=1S/C11H11ClN2O2S2/c1-4-17-11-13-8(12)6-5(2)7(10(15)16-3)18-9(6)14-11/h4H2,1-3H3. The fourth-order valence-electron chi connectivity index (χ4n) is 1.55. The molecule has 18 heavy (non-hydrogen) atoms. The molecule has 2 aromatic rings. The molecule has 0 saturated carbocycles. The van der Waals surface area contributed by atoms with Crippen LogP contribution in [0.15, 0.2) is 5.16 Å². The van der Waals surface area contributed by atoms with Gasteiger partial charge in [-0.2, -0.15) is 0 Å². The summed E-state index contributed by atoms with van der Waals surface area (Å²) in [6, 6.07) is 0. The van der Waals surface area contributed by atoms with Gasteiger partial charge in [0.25, 0.3) is 0 Å². The molecule has 0 unspecified atom stereocenters. The van der Waals surface area contributed by atoms with E-state index in [0.717, 1.165) is 21.5 Å². The number of methoxy groups -OCH3 is 1. The quantitative estimate of drug-likeness (QED) is 0.375. The van der Waals surface area contributed by atoms with Gasteiger partial charge < -0.3 is 4.74 Å². The molecule has 2 rings (SSSR count). The van der Waals surface area contributed by atoms with E-state index in [0.29, 0.717) is 15.2 Å². The van der Waals surface area contributed by atoms with E-state index in [4.69, 9.17) is 16.3 Å². The Bertz CT molecular complexity index is 613. The second kappa shape index (κ2) is 5.42. The summed E-state index contributed by atoms with van der Waals surface area (Å²) in [5, 5.41) is 1.76. The van der Waals surface area contributed by atoms with Crippen molar-refractivity contribution in [3.05, 3.63) is 15.6 Å². The Morgan fingerprint density at radius 3 is 2.83 bits per heavy atom. The highest BCUT2D eigenvalue weighted by Crippen LogP contribution is 2.35. The summed E-state index contributed by atoms with van der Waals surface area (Å²) < 4.78 is 4.74. The summed E-state index contributed by atoms with van der Waals surface area (Å²) in [7, 11) is 1.36. The third kappa shape index (κ3) is 2.32. The summed E-state index contributed by atoms with van der Waals surface area (Å²) >= 11 is 8.96. The van der Waals surface area contributed by atoms with Gasteiger partial charge in [0.15, 0.2) is 5.16 Å². The number of fused-ring (bicyclic) bond motifs is 1. The van der Waals surface area contributed by atoms with Gasteiger partial charge in [-0.1, -0.05) is 30.3 Å². The second-order valence-corrected chi connectivity index (χ2v) is 6.05. The third-order valence-corrected chi connectivity index (χ3v) is 4.54. The van der Waals surface area contributed by atoms with E-state index in [1.165, 1.54) is 30.2 Å². The number of carbonyl (C=O) groups is 1. The van der Waals surface area contributed by atoms with E-state index >= 15 is 0 Å². The van der Waals surface area contributed by atoms with Gasteiger partial charge in [0.2, 0.25) is 0 Å². The van der Waals surface area contributed by atoms with E-state index in [1.54, 1.807) is 0 Å². The molecule has 2 aromatic heterocycles. The number of nitrogens with zero attached hydrogens (tertiary/aromatic N) is 2. The molecule has 0 aromatic carbocycles. The first kappa shape index (κ1) is 13.6. The SMILES string of the molecule is CCSc1nc(Cl)c2c(C)c(C(=O)OC)sc2n1. The number of halogens is 1. The van der Waals surface area contributed by atoms with Crippen LogP contribution < -0.4 is 0 Å². The lowest BCUT2D eigenvalue weighted by Gasteiger charge is -1.99. The number of hydrogen-bond donors (Lipinski definition) is 0. The van der Waals surface area contributed by atoms with E-state index in [1.807, 2.05) is 13.8 Å². The van der Waals surface area contributed by atoms with Crippen molar-refractivity contribution in [2.75, 3.05) is 12.9 Å². The number of hydrogen-bond acceptors (Lipinski definition) is 6. The van der Waals surface area contributed by atoms with Crippen LogP contribution in [0.2, 0.25) is 5.15 Å². The number of rotatable bonds is 3. The zero-order valence-corrected chi connectivity index (χ0v) is 12.5. The van der Waals surface area contributed by atoms with Crippen LogP contribution in [0.3, 0.4) is 0 Å². The molecule has 0 N–H and O–H groups in total. The first-order chi connectivity index (χ1) is 8.58. The van der Waals surface area contributed by atoms with Gasteiger partial charge in [0, 0.05) is 0 Å². The van der Waals surface area contributed by atoms with Crippen LogP contribution in [0.4, 0.5) is 0 Å². The van der Waals surface area contributed by atoms with Gasteiger partial charge in [0.05, 0.1) is 12.5 Å². The van der Waals surface area contributed by atoms with Gasteiger partial charge in [-0.3, -0.25) is 0 Å². The number of carbonyl (C=O) groups excluding carboxylic acids is 1.